The fourth-order valence-electron chi connectivity index (χ4n) is 3.94. The summed E-state index contributed by atoms with van der Waals surface area (Å²) in [6.07, 6.45) is 3.73. The molecule has 0 unspecified atom stereocenters. The molecule has 154 valence electrons. The van der Waals surface area contributed by atoms with Crippen molar-refractivity contribution in [1.29, 1.82) is 0 Å². The number of fused-ring (bicyclic) bond motifs is 1. The Kier molecular flexibility index (Phi) is 6.52. The second-order valence-electron chi connectivity index (χ2n) is 9.46. The Morgan fingerprint density at radius 3 is 2.46 bits per heavy atom. The van der Waals surface area contributed by atoms with E-state index >= 15 is 0 Å². The van der Waals surface area contributed by atoms with Crippen molar-refractivity contribution >= 4 is 17.5 Å². The molecule has 6 nitrogen and oxygen atoms in total. The van der Waals surface area contributed by atoms with Gasteiger partial charge in [0.2, 0.25) is 5.91 Å². The van der Waals surface area contributed by atoms with E-state index in [4.69, 9.17) is 0 Å². The topological polar surface area (TPSA) is 75.5 Å². The average Bonchev–Trinajstić information content (AvgIpc) is 2.86. The van der Waals surface area contributed by atoms with E-state index in [0.29, 0.717) is 30.8 Å². The number of rotatable bonds is 7. The molecule has 2 aromatic heterocycles. The van der Waals surface area contributed by atoms with Crippen LogP contribution < -0.4 is 10.6 Å². The van der Waals surface area contributed by atoms with Crippen LogP contribution in [-0.4, -0.2) is 33.3 Å². The lowest BCUT2D eigenvalue weighted by molar-refractivity contribution is -0.123. The van der Waals surface area contributed by atoms with Gasteiger partial charge < -0.3 is 10.6 Å². The van der Waals surface area contributed by atoms with Crippen molar-refractivity contribution in [2.75, 3.05) is 6.54 Å². The lowest BCUT2D eigenvalue weighted by Gasteiger charge is -2.33. The van der Waals surface area contributed by atoms with E-state index in [1.165, 1.54) is 0 Å². The molecule has 2 N–H and O–H groups in total. The Balaban J connectivity index is 1.86. The van der Waals surface area contributed by atoms with Gasteiger partial charge in [-0.25, -0.2) is 4.98 Å². The molecule has 2 heterocycles. The molecule has 0 atom stereocenters. The monoisotopic (exact) mass is 386 g/mol. The summed E-state index contributed by atoms with van der Waals surface area (Å²) in [4.78, 5) is 29.4. The number of aromatic nitrogens is 2. The van der Waals surface area contributed by atoms with E-state index in [0.717, 1.165) is 17.6 Å². The van der Waals surface area contributed by atoms with Crippen molar-refractivity contribution in [1.82, 2.24) is 20.0 Å². The molecule has 0 spiro atoms. The molecule has 0 radical (unpaired) electrons. The highest BCUT2D eigenvalue weighted by Crippen LogP contribution is 2.26. The number of carbonyl (C=O) groups is 2. The minimum atomic E-state index is -0.246. The Morgan fingerprint density at radius 1 is 1.14 bits per heavy atom. The summed E-state index contributed by atoms with van der Waals surface area (Å²) in [5, 5.41) is 6.02. The number of hydrogen-bond acceptors (Lipinski definition) is 3. The van der Waals surface area contributed by atoms with Gasteiger partial charge in [-0.15, -0.1) is 0 Å². The molecule has 2 aromatic rings. The zero-order valence-electron chi connectivity index (χ0n) is 18.3. The highest BCUT2D eigenvalue weighted by Gasteiger charge is 2.26. The van der Waals surface area contributed by atoms with Crippen LogP contribution in [0.1, 0.15) is 75.6 Å². The van der Waals surface area contributed by atoms with Gasteiger partial charge in [-0.2, -0.15) is 0 Å². The zero-order chi connectivity index (χ0) is 21.1. The molecule has 0 aliphatic carbocycles. The highest BCUT2D eigenvalue weighted by atomic mass is 16.2. The predicted molar refractivity (Wildman–Crippen MR) is 113 cm³/mol. The summed E-state index contributed by atoms with van der Waals surface area (Å²) < 4.78 is 1.82. The van der Waals surface area contributed by atoms with Gasteiger partial charge in [-0.1, -0.05) is 26.8 Å². The maximum atomic E-state index is 12.6. The summed E-state index contributed by atoms with van der Waals surface area (Å²) in [7, 11) is 0. The van der Waals surface area contributed by atoms with E-state index in [1.54, 1.807) is 0 Å². The summed E-state index contributed by atoms with van der Waals surface area (Å²) >= 11 is 0. The van der Waals surface area contributed by atoms with Crippen LogP contribution in [0.4, 0.5) is 0 Å². The third-order valence-electron chi connectivity index (χ3n) is 4.55. The van der Waals surface area contributed by atoms with Crippen molar-refractivity contribution in [2.45, 2.75) is 73.3 Å². The maximum absolute atomic E-state index is 12.6. The average molecular weight is 387 g/mol. The SMILES string of the molecule is Cc1nc2c(C)cccn2c1C(=O)NCCCC(=O)NC(C)(C)CC(C)(C)C. The van der Waals surface area contributed by atoms with Crippen molar-refractivity contribution < 1.29 is 9.59 Å². The first kappa shape index (κ1) is 21.9. The normalized spacial score (nSPS) is 12.2. The molecular formula is C22H34N4O2. The summed E-state index contributed by atoms with van der Waals surface area (Å²) in [5.41, 5.74) is 2.98. The molecule has 0 bridgehead atoms. The number of hydrogen-bond donors (Lipinski definition) is 2. The van der Waals surface area contributed by atoms with Gasteiger partial charge in [-0.3, -0.25) is 14.0 Å². The smallest absolute Gasteiger partial charge is 0.270 e. The van der Waals surface area contributed by atoms with Crippen molar-refractivity contribution in [3.8, 4) is 0 Å². The molecule has 0 saturated carbocycles. The fourth-order valence-corrected chi connectivity index (χ4v) is 3.94. The van der Waals surface area contributed by atoms with E-state index in [2.05, 4.69) is 36.4 Å². The van der Waals surface area contributed by atoms with Crippen molar-refractivity contribution in [3.63, 3.8) is 0 Å². The van der Waals surface area contributed by atoms with Crippen LogP contribution in [0, 0.1) is 19.3 Å². The number of nitrogens with zero attached hydrogens (tertiary/aromatic N) is 2. The molecule has 28 heavy (non-hydrogen) atoms. The number of carbonyl (C=O) groups excluding carboxylic acids is 2. The maximum Gasteiger partial charge on any atom is 0.270 e. The van der Waals surface area contributed by atoms with Gasteiger partial charge in [0.15, 0.2) is 0 Å². The molecule has 0 aliphatic rings. The van der Waals surface area contributed by atoms with Crippen LogP contribution in [0.3, 0.4) is 0 Å². The van der Waals surface area contributed by atoms with Crippen molar-refractivity contribution in [2.24, 2.45) is 5.41 Å². The number of aryl methyl sites for hydroxylation is 2. The van der Waals surface area contributed by atoms with Crippen LogP contribution in [0.25, 0.3) is 5.65 Å². The second kappa shape index (κ2) is 8.33. The molecule has 2 amide bonds. The molecule has 6 heteroatoms. The van der Waals surface area contributed by atoms with E-state index in [1.807, 2.05) is 50.4 Å². The van der Waals surface area contributed by atoms with Crippen LogP contribution in [0.15, 0.2) is 18.3 Å². The summed E-state index contributed by atoms with van der Waals surface area (Å²) in [5.74, 6) is -0.144. The van der Waals surface area contributed by atoms with Crippen LogP contribution >= 0.6 is 0 Å². The van der Waals surface area contributed by atoms with E-state index < -0.39 is 0 Å². The van der Waals surface area contributed by atoms with Gasteiger partial charge in [0.25, 0.3) is 5.91 Å². The molecule has 0 saturated heterocycles. The second-order valence-corrected chi connectivity index (χ2v) is 9.46. The first-order chi connectivity index (χ1) is 12.9. The van der Waals surface area contributed by atoms with Gasteiger partial charge >= 0.3 is 0 Å². The molecular weight excluding hydrogens is 352 g/mol. The standard InChI is InChI=1S/C22H34N4O2/c1-15-10-9-13-26-18(16(2)24-19(15)26)20(28)23-12-8-11-17(27)25-22(6,7)14-21(3,4)5/h9-10,13H,8,11-12,14H2,1-7H3,(H,23,28)(H,25,27). The van der Waals surface area contributed by atoms with Gasteiger partial charge in [-0.05, 0) is 57.6 Å². The largest absolute Gasteiger partial charge is 0.351 e. The van der Waals surface area contributed by atoms with Crippen LogP contribution in [0.2, 0.25) is 0 Å². The fraction of sp³-hybridized carbons (Fsp3) is 0.591. The Hall–Kier alpha value is -2.37. The number of nitrogens with one attached hydrogen (secondary N) is 2. The lowest BCUT2D eigenvalue weighted by atomic mass is 9.82. The third kappa shape index (κ3) is 5.81. The molecule has 2 rings (SSSR count). The minimum absolute atomic E-state index is 0.0186. The minimum Gasteiger partial charge on any atom is -0.351 e. The Bertz CT molecular complexity index is 859. The number of amides is 2. The lowest BCUT2D eigenvalue weighted by Crippen LogP contribution is -2.45. The molecule has 0 fully saturated rings. The molecule has 0 aliphatic heterocycles. The Labute approximate surface area is 168 Å². The van der Waals surface area contributed by atoms with Crippen molar-refractivity contribution in [3.05, 3.63) is 35.3 Å². The Morgan fingerprint density at radius 2 is 1.82 bits per heavy atom. The highest BCUT2D eigenvalue weighted by molar-refractivity contribution is 5.94. The molecule has 0 aromatic carbocycles. The van der Waals surface area contributed by atoms with E-state index in [9.17, 15) is 9.59 Å². The quantitative estimate of drug-likeness (QED) is 0.711. The summed E-state index contributed by atoms with van der Waals surface area (Å²) in [6, 6.07) is 3.88. The van der Waals surface area contributed by atoms with Gasteiger partial charge in [0, 0.05) is 24.7 Å². The zero-order valence-corrected chi connectivity index (χ0v) is 18.3. The first-order valence-electron chi connectivity index (χ1n) is 9.93. The van der Waals surface area contributed by atoms with Gasteiger partial charge in [0.1, 0.15) is 11.3 Å². The van der Waals surface area contributed by atoms with Crippen LogP contribution in [0.5, 0.6) is 0 Å². The third-order valence-corrected chi connectivity index (χ3v) is 4.55. The number of pyridine rings is 1. The first-order valence-corrected chi connectivity index (χ1v) is 9.93. The van der Waals surface area contributed by atoms with Crippen LogP contribution in [-0.2, 0) is 4.79 Å². The van der Waals surface area contributed by atoms with Gasteiger partial charge in [0.05, 0.1) is 5.69 Å². The number of imidazole rings is 1. The van der Waals surface area contributed by atoms with E-state index in [-0.39, 0.29) is 22.8 Å². The summed E-state index contributed by atoms with van der Waals surface area (Å²) in [6.45, 7) is 14.9. The predicted octanol–water partition coefficient (Wildman–Crippen LogP) is 3.79.